The Balaban J connectivity index is 2.26. The molecule has 0 aromatic carbocycles. The van der Waals surface area contributed by atoms with Crippen LogP contribution in [-0.2, 0) is 24.5 Å². The lowest BCUT2D eigenvalue weighted by Gasteiger charge is -2.17. The Labute approximate surface area is 114 Å². The molecule has 0 aliphatic carbocycles. The Hall–Kier alpha value is -0.700. The topological polar surface area (TPSA) is 84.9 Å². The summed E-state index contributed by atoms with van der Waals surface area (Å²) in [5.41, 5.74) is 0. The van der Waals surface area contributed by atoms with Crippen LogP contribution in [0.3, 0.4) is 0 Å². The zero-order valence-electron chi connectivity index (χ0n) is 11.4. The fraction of sp³-hybridized carbons (Fsp3) is 0.909. The van der Waals surface area contributed by atoms with Crippen LogP contribution in [0, 0.1) is 5.92 Å². The molecular formula is C11H22N2O5S. The van der Waals surface area contributed by atoms with Crippen molar-refractivity contribution in [1.29, 1.82) is 0 Å². The van der Waals surface area contributed by atoms with Crippen molar-refractivity contribution in [3.8, 4) is 0 Å². The maximum Gasteiger partial charge on any atom is 0.306 e. The van der Waals surface area contributed by atoms with Crippen molar-refractivity contribution in [1.82, 2.24) is 9.03 Å². The number of ether oxygens (including phenoxy) is 2. The fourth-order valence-corrected chi connectivity index (χ4v) is 2.71. The van der Waals surface area contributed by atoms with Crippen LogP contribution in [0.4, 0.5) is 0 Å². The zero-order chi connectivity index (χ0) is 14.3. The van der Waals surface area contributed by atoms with Crippen molar-refractivity contribution in [2.75, 3.05) is 40.5 Å². The average molecular weight is 294 g/mol. The van der Waals surface area contributed by atoms with Crippen molar-refractivity contribution in [3.05, 3.63) is 0 Å². The van der Waals surface area contributed by atoms with Crippen LogP contribution < -0.4 is 4.72 Å². The van der Waals surface area contributed by atoms with E-state index in [2.05, 4.69) is 9.46 Å². The second kappa shape index (κ2) is 7.78. The molecule has 0 radical (unpaired) electrons. The molecule has 1 saturated heterocycles. The maximum absolute atomic E-state index is 11.8. The molecule has 1 aliphatic heterocycles. The van der Waals surface area contributed by atoms with Crippen LogP contribution in [0.25, 0.3) is 0 Å². The van der Waals surface area contributed by atoms with E-state index in [1.165, 1.54) is 14.2 Å². The number of carbonyl (C=O) groups is 1. The predicted octanol–water partition coefficient (Wildman–Crippen LogP) is -0.258. The molecule has 1 N–H and O–H groups in total. The van der Waals surface area contributed by atoms with E-state index < -0.39 is 16.2 Å². The van der Waals surface area contributed by atoms with Crippen LogP contribution in [-0.4, -0.2) is 59.2 Å². The van der Waals surface area contributed by atoms with Gasteiger partial charge in [0.1, 0.15) is 0 Å². The summed E-state index contributed by atoms with van der Waals surface area (Å²) in [5.74, 6) is 0.00762. The van der Waals surface area contributed by atoms with E-state index in [1.54, 1.807) is 0 Å². The summed E-state index contributed by atoms with van der Waals surface area (Å²) in [6.45, 7) is 1.96. The van der Waals surface area contributed by atoms with E-state index in [0.29, 0.717) is 19.1 Å². The minimum atomic E-state index is -3.52. The molecule has 1 fully saturated rings. The lowest BCUT2D eigenvalue weighted by molar-refractivity contribution is -0.140. The number of carbonyl (C=O) groups excluding carboxylic acids is 1. The molecule has 0 spiro atoms. The van der Waals surface area contributed by atoms with Gasteiger partial charge in [-0.05, 0) is 18.8 Å². The lowest BCUT2D eigenvalue weighted by atomic mass is 10.1. The molecule has 0 amide bonds. The highest BCUT2D eigenvalue weighted by molar-refractivity contribution is 7.87. The molecule has 0 aromatic heterocycles. The summed E-state index contributed by atoms with van der Waals surface area (Å²) in [5, 5.41) is 0. The van der Waals surface area contributed by atoms with Crippen LogP contribution in [0.5, 0.6) is 0 Å². The van der Waals surface area contributed by atoms with Crippen molar-refractivity contribution in [2.45, 2.75) is 19.3 Å². The van der Waals surface area contributed by atoms with Gasteiger partial charge in [-0.15, -0.1) is 0 Å². The van der Waals surface area contributed by atoms with Gasteiger partial charge >= 0.3 is 5.97 Å². The first-order valence-electron chi connectivity index (χ1n) is 6.31. The number of methoxy groups -OCH3 is 1. The van der Waals surface area contributed by atoms with Gasteiger partial charge in [0.2, 0.25) is 0 Å². The Kier molecular flexibility index (Phi) is 6.70. The Morgan fingerprint density at radius 2 is 2.26 bits per heavy atom. The minimum Gasteiger partial charge on any atom is -0.469 e. The Morgan fingerprint density at radius 1 is 1.53 bits per heavy atom. The van der Waals surface area contributed by atoms with Crippen LogP contribution in [0.1, 0.15) is 19.3 Å². The summed E-state index contributed by atoms with van der Waals surface area (Å²) in [4.78, 5) is 11.0. The van der Waals surface area contributed by atoms with Crippen molar-refractivity contribution < 1.29 is 22.7 Å². The average Bonchev–Trinajstić information content (AvgIpc) is 2.88. The van der Waals surface area contributed by atoms with Gasteiger partial charge in [0.25, 0.3) is 10.2 Å². The maximum atomic E-state index is 11.8. The molecule has 112 valence electrons. The van der Waals surface area contributed by atoms with Gasteiger partial charge in [0.15, 0.2) is 0 Å². The van der Waals surface area contributed by atoms with Crippen molar-refractivity contribution in [3.63, 3.8) is 0 Å². The van der Waals surface area contributed by atoms with E-state index in [1.807, 2.05) is 0 Å². The number of hydrogen-bond acceptors (Lipinski definition) is 5. The summed E-state index contributed by atoms with van der Waals surface area (Å²) in [6, 6.07) is 0. The fourth-order valence-electron chi connectivity index (χ4n) is 1.78. The molecule has 1 atom stereocenters. The quantitative estimate of drug-likeness (QED) is 0.624. The van der Waals surface area contributed by atoms with Crippen molar-refractivity contribution in [2.24, 2.45) is 5.92 Å². The SMILES string of the molecule is COC(=O)CCN(C)S(=O)(=O)NCCC1CCOC1. The van der Waals surface area contributed by atoms with E-state index >= 15 is 0 Å². The summed E-state index contributed by atoms with van der Waals surface area (Å²) < 4.78 is 37.0. The summed E-state index contributed by atoms with van der Waals surface area (Å²) in [6.07, 6.45) is 1.80. The first-order valence-corrected chi connectivity index (χ1v) is 7.75. The van der Waals surface area contributed by atoms with E-state index in [-0.39, 0.29) is 13.0 Å². The molecule has 0 bridgehead atoms. The van der Waals surface area contributed by atoms with Gasteiger partial charge in [0.05, 0.1) is 13.5 Å². The molecule has 19 heavy (non-hydrogen) atoms. The van der Waals surface area contributed by atoms with Gasteiger partial charge in [-0.2, -0.15) is 12.7 Å². The van der Waals surface area contributed by atoms with Gasteiger partial charge in [-0.25, -0.2) is 4.72 Å². The highest BCUT2D eigenvalue weighted by atomic mass is 32.2. The molecule has 1 aliphatic rings. The molecule has 1 heterocycles. The summed E-state index contributed by atoms with van der Waals surface area (Å²) >= 11 is 0. The van der Waals surface area contributed by atoms with E-state index in [0.717, 1.165) is 23.8 Å². The van der Waals surface area contributed by atoms with Gasteiger partial charge in [0, 0.05) is 33.4 Å². The third-order valence-electron chi connectivity index (χ3n) is 3.13. The first kappa shape index (κ1) is 16.4. The Bertz CT molecular complexity index is 379. The lowest BCUT2D eigenvalue weighted by Crippen LogP contribution is -2.40. The van der Waals surface area contributed by atoms with E-state index in [4.69, 9.17) is 4.74 Å². The molecule has 0 saturated carbocycles. The third-order valence-corrected chi connectivity index (χ3v) is 4.70. The highest BCUT2D eigenvalue weighted by Gasteiger charge is 2.20. The number of nitrogens with one attached hydrogen (secondary N) is 1. The Morgan fingerprint density at radius 3 is 2.84 bits per heavy atom. The third kappa shape index (κ3) is 5.85. The van der Waals surface area contributed by atoms with Gasteiger partial charge in [-0.1, -0.05) is 0 Å². The van der Waals surface area contributed by atoms with Crippen molar-refractivity contribution >= 4 is 16.2 Å². The second-order valence-corrected chi connectivity index (χ2v) is 6.43. The molecule has 7 nitrogen and oxygen atoms in total. The molecule has 8 heteroatoms. The summed E-state index contributed by atoms with van der Waals surface area (Å²) in [7, 11) is -0.810. The monoisotopic (exact) mass is 294 g/mol. The minimum absolute atomic E-state index is 0.0460. The predicted molar refractivity (Wildman–Crippen MR) is 69.7 cm³/mol. The van der Waals surface area contributed by atoms with E-state index in [9.17, 15) is 13.2 Å². The molecular weight excluding hydrogens is 272 g/mol. The highest BCUT2D eigenvalue weighted by Crippen LogP contribution is 2.15. The van der Waals surface area contributed by atoms with Crippen LogP contribution in [0.2, 0.25) is 0 Å². The largest absolute Gasteiger partial charge is 0.469 e. The standard InChI is InChI=1S/C11H22N2O5S/c1-13(7-4-11(14)17-2)19(15,16)12-6-3-10-5-8-18-9-10/h10,12H,3-9H2,1-2H3. The zero-order valence-corrected chi connectivity index (χ0v) is 12.2. The molecule has 0 aromatic rings. The molecule has 1 rings (SSSR count). The van der Waals surface area contributed by atoms with Crippen LogP contribution >= 0.6 is 0 Å². The second-order valence-electron chi connectivity index (χ2n) is 4.57. The number of hydrogen-bond donors (Lipinski definition) is 1. The van der Waals surface area contributed by atoms with Crippen LogP contribution in [0.15, 0.2) is 0 Å². The number of esters is 1. The normalized spacial score (nSPS) is 19.8. The number of rotatable bonds is 8. The molecule has 1 unspecified atom stereocenters. The number of nitrogens with zero attached hydrogens (tertiary/aromatic N) is 1. The first-order chi connectivity index (χ1) is 8.95. The van der Waals surface area contributed by atoms with Gasteiger partial charge < -0.3 is 9.47 Å². The van der Waals surface area contributed by atoms with Gasteiger partial charge in [-0.3, -0.25) is 4.79 Å². The smallest absolute Gasteiger partial charge is 0.306 e.